The Hall–Kier alpha value is -4.02. The quantitative estimate of drug-likeness (QED) is 0.253. The normalized spacial score (nSPS) is 21.0. The van der Waals surface area contributed by atoms with Crippen LogP contribution in [0.3, 0.4) is 0 Å². The van der Waals surface area contributed by atoms with Gasteiger partial charge in [-0.25, -0.2) is 8.78 Å². The summed E-state index contributed by atoms with van der Waals surface area (Å²) in [5.74, 6) is -0.849. The molecule has 1 aliphatic carbocycles. The van der Waals surface area contributed by atoms with Gasteiger partial charge < -0.3 is 10.2 Å². The van der Waals surface area contributed by atoms with Crippen LogP contribution in [0.2, 0.25) is 0 Å². The van der Waals surface area contributed by atoms with Gasteiger partial charge in [0, 0.05) is 17.2 Å². The summed E-state index contributed by atoms with van der Waals surface area (Å²) in [4.78, 5) is 34.2. The van der Waals surface area contributed by atoms with Crippen LogP contribution >= 0.6 is 0 Å². The van der Waals surface area contributed by atoms with Gasteiger partial charge in [0.1, 0.15) is 23.0 Å². The lowest BCUT2D eigenvalue weighted by molar-refractivity contribution is -0.134. The van der Waals surface area contributed by atoms with Gasteiger partial charge in [-0.15, -0.1) is 10.2 Å². The van der Waals surface area contributed by atoms with E-state index in [1.165, 1.54) is 12.1 Å². The lowest BCUT2D eigenvalue weighted by Crippen LogP contribution is -2.51. The number of aromatic nitrogens is 4. The van der Waals surface area contributed by atoms with Crippen molar-refractivity contribution in [2.24, 2.45) is 22.2 Å². The van der Waals surface area contributed by atoms with Crippen LogP contribution in [0, 0.1) is 28.9 Å². The Morgan fingerprint density at radius 3 is 2.33 bits per heavy atom. The molecule has 2 aromatic carbocycles. The molecule has 3 aromatic rings. The second-order valence-electron chi connectivity index (χ2n) is 13.5. The third-order valence-corrected chi connectivity index (χ3v) is 9.81. The number of aliphatic imine (C=N–C) groups is 1. The van der Waals surface area contributed by atoms with Crippen molar-refractivity contribution >= 4 is 17.5 Å². The lowest BCUT2D eigenvalue weighted by atomic mass is 9.67. The molecular weight excluding hydrogens is 576 g/mol. The number of carbonyl (C=O) groups excluding carboxylic acids is 2. The molecule has 11 heteroatoms. The number of carbonyl (C=O) groups is 2. The maximum Gasteiger partial charge on any atom is 0.275 e. The molecule has 1 spiro atoms. The average Bonchev–Trinajstić information content (AvgIpc) is 3.63. The monoisotopic (exact) mass is 619 g/mol. The van der Waals surface area contributed by atoms with E-state index in [0.29, 0.717) is 42.5 Å². The molecule has 1 aromatic heterocycles. The summed E-state index contributed by atoms with van der Waals surface area (Å²) >= 11 is 0. The highest BCUT2D eigenvalue weighted by Gasteiger charge is 2.53. The predicted molar refractivity (Wildman–Crippen MR) is 167 cm³/mol. The van der Waals surface area contributed by atoms with E-state index in [2.05, 4.69) is 60.6 Å². The Morgan fingerprint density at radius 2 is 1.76 bits per heavy atom. The fourth-order valence-electron chi connectivity index (χ4n) is 6.74. The van der Waals surface area contributed by atoms with Gasteiger partial charge in [-0.1, -0.05) is 58.4 Å². The SMILES string of the molecule is CCC(C)(C)C1CCC2(CC1)N=C(c1cc(F)cc(F)c1)C(=O)N2[C@H](CCC(C)C)c1ccc(C(=O)NCc2nn[nH]n2)cc1. The molecule has 5 rings (SSSR count). The fraction of sp³-hybridized carbons (Fsp3) is 0.529. The third kappa shape index (κ3) is 6.97. The Kier molecular flexibility index (Phi) is 9.46. The maximum atomic E-state index is 14.4. The number of nitrogens with zero attached hydrogens (tertiary/aromatic N) is 5. The number of rotatable bonds is 11. The second kappa shape index (κ2) is 13.1. The van der Waals surface area contributed by atoms with Crippen molar-refractivity contribution in [3.63, 3.8) is 0 Å². The highest BCUT2D eigenvalue weighted by Crippen LogP contribution is 2.50. The molecule has 1 aliphatic heterocycles. The van der Waals surface area contributed by atoms with Crippen molar-refractivity contribution < 1.29 is 18.4 Å². The van der Waals surface area contributed by atoms with E-state index in [9.17, 15) is 18.4 Å². The van der Waals surface area contributed by atoms with E-state index < -0.39 is 17.3 Å². The van der Waals surface area contributed by atoms with Crippen LogP contribution in [-0.4, -0.2) is 48.7 Å². The van der Waals surface area contributed by atoms with Gasteiger partial charge in [-0.2, -0.15) is 5.21 Å². The number of hydrogen-bond donors (Lipinski definition) is 2. The van der Waals surface area contributed by atoms with Crippen LogP contribution in [0.25, 0.3) is 0 Å². The van der Waals surface area contributed by atoms with E-state index in [1.807, 2.05) is 17.0 Å². The summed E-state index contributed by atoms with van der Waals surface area (Å²) in [5.41, 5.74) is 0.945. The minimum absolute atomic E-state index is 0.105. The first-order valence-corrected chi connectivity index (χ1v) is 15.9. The highest BCUT2D eigenvalue weighted by atomic mass is 19.1. The van der Waals surface area contributed by atoms with Gasteiger partial charge in [-0.3, -0.25) is 14.6 Å². The molecule has 0 bridgehead atoms. The Morgan fingerprint density at radius 1 is 1.09 bits per heavy atom. The zero-order chi connectivity index (χ0) is 32.4. The van der Waals surface area contributed by atoms with Crippen molar-refractivity contribution in [2.45, 2.75) is 97.8 Å². The molecule has 2 N–H and O–H groups in total. The number of tetrazole rings is 1. The topological polar surface area (TPSA) is 116 Å². The van der Waals surface area contributed by atoms with Gasteiger partial charge in [-0.05, 0) is 85.6 Å². The fourth-order valence-corrected chi connectivity index (χ4v) is 6.74. The Labute approximate surface area is 263 Å². The molecule has 1 atom stereocenters. The molecule has 1 fully saturated rings. The summed E-state index contributed by atoms with van der Waals surface area (Å²) in [5, 5.41) is 16.4. The smallest absolute Gasteiger partial charge is 0.275 e. The van der Waals surface area contributed by atoms with E-state index in [-0.39, 0.29) is 41.1 Å². The van der Waals surface area contributed by atoms with E-state index in [1.54, 1.807) is 12.1 Å². The molecule has 45 heavy (non-hydrogen) atoms. The molecule has 1 saturated carbocycles. The minimum atomic E-state index is -0.822. The standard InChI is InChI=1S/C34H43F2N7O2/c1-6-33(4,5)25-13-15-34(16-14-25)38-30(24-17-26(35)19-27(36)18-24)32(45)43(34)28(12-7-21(2)3)22-8-10-23(11-9-22)31(44)37-20-29-39-41-42-40-29/h8-11,17-19,21,25,28H,6-7,12-16,20H2,1-5H3,(H,37,44)(H,39,40,41,42)/t25?,28-,34?/m1/s1. The lowest BCUT2D eigenvalue weighted by Gasteiger charge is -2.48. The number of amides is 2. The molecule has 2 amide bonds. The minimum Gasteiger partial charge on any atom is -0.345 e. The largest absolute Gasteiger partial charge is 0.345 e. The highest BCUT2D eigenvalue weighted by molar-refractivity contribution is 6.46. The van der Waals surface area contributed by atoms with Gasteiger partial charge >= 0.3 is 0 Å². The first-order chi connectivity index (χ1) is 21.4. The zero-order valence-corrected chi connectivity index (χ0v) is 26.7. The first-order valence-electron chi connectivity index (χ1n) is 15.9. The number of hydrogen-bond acceptors (Lipinski definition) is 6. The zero-order valence-electron chi connectivity index (χ0n) is 26.7. The summed E-state index contributed by atoms with van der Waals surface area (Å²) in [6, 6.07) is 10.1. The van der Waals surface area contributed by atoms with E-state index in [4.69, 9.17) is 4.99 Å². The van der Waals surface area contributed by atoms with Crippen molar-refractivity contribution in [1.29, 1.82) is 0 Å². The van der Waals surface area contributed by atoms with Crippen LogP contribution in [0.1, 0.15) is 113 Å². The number of aromatic amines is 1. The van der Waals surface area contributed by atoms with Crippen molar-refractivity contribution in [2.75, 3.05) is 0 Å². The third-order valence-electron chi connectivity index (χ3n) is 9.81. The maximum absolute atomic E-state index is 14.4. The van der Waals surface area contributed by atoms with Crippen LogP contribution in [0.15, 0.2) is 47.5 Å². The molecular formula is C34H43F2N7O2. The van der Waals surface area contributed by atoms with Crippen LogP contribution in [-0.2, 0) is 11.3 Å². The molecule has 2 heterocycles. The predicted octanol–water partition coefficient (Wildman–Crippen LogP) is 6.54. The number of nitrogens with one attached hydrogen (secondary N) is 2. The van der Waals surface area contributed by atoms with Crippen LogP contribution in [0.5, 0.6) is 0 Å². The summed E-state index contributed by atoms with van der Waals surface area (Å²) in [6.45, 7) is 11.2. The molecule has 240 valence electrons. The average molecular weight is 620 g/mol. The number of H-pyrrole nitrogens is 1. The Bertz CT molecular complexity index is 1510. The van der Waals surface area contributed by atoms with Gasteiger partial charge in [0.05, 0.1) is 12.6 Å². The van der Waals surface area contributed by atoms with E-state index in [0.717, 1.165) is 37.3 Å². The summed E-state index contributed by atoms with van der Waals surface area (Å²) in [6.07, 6.45) is 5.72. The summed E-state index contributed by atoms with van der Waals surface area (Å²) < 4.78 is 28.7. The van der Waals surface area contributed by atoms with Crippen LogP contribution in [0.4, 0.5) is 8.78 Å². The number of benzene rings is 2. The second-order valence-corrected chi connectivity index (χ2v) is 13.5. The van der Waals surface area contributed by atoms with Crippen molar-refractivity contribution in [1.82, 2.24) is 30.8 Å². The molecule has 0 saturated heterocycles. The van der Waals surface area contributed by atoms with Gasteiger partial charge in [0.15, 0.2) is 5.82 Å². The van der Waals surface area contributed by atoms with Crippen molar-refractivity contribution in [3.05, 3.63) is 76.6 Å². The Balaban J connectivity index is 1.49. The van der Waals surface area contributed by atoms with Gasteiger partial charge in [0.25, 0.3) is 11.8 Å². The molecule has 2 aliphatic rings. The molecule has 9 nitrogen and oxygen atoms in total. The number of halogens is 2. The first kappa shape index (κ1) is 32.4. The van der Waals surface area contributed by atoms with Crippen LogP contribution < -0.4 is 5.32 Å². The van der Waals surface area contributed by atoms with Gasteiger partial charge in [0.2, 0.25) is 0 Å². The summed E-state index contributed by atoms with van der Waals surface area (Å²) in [7, 11) is 0. The van der Waals surface area contributed by atoms with E-state index >= 15 is 0 Å². The van der Waals surface area contributed by atoms with Crippen molar-refractivity contribution in [3.8, 4) is 0 Å². The molecule has 0 unspecified atom stereocenters. The molecule has 0 radical (unpaired) electrons.